The molecule has 0 saturated carbocycles. The van der Waals surface area contributed by atoms with E-state index in [2.05, 4.69) is 5.32 Å². The zero-order valence-corrected chi connectivity index (χ0v) is 11.9. The summed E-state index contributed by atoms with van der Waals surface area (Å²) in [4.78, 5) is 12.1. The highest BCUT2D eigenvalue weighted by molar-refractivity contribution is 5.81. The molecule has 1 aliphatic heterocycles. The summed E-state index contributed by atoms with van der Waals surface area (Å²) in [5.74, 6) is 0.709. The van der Waals surface area contributed by atoms with Gasteiger partial charge in [0.2, 0.25) is 6.10 Å². The molecular formula is C17H16FNO3. The van der Waals surface area contributed by atoms with Crippen LogP contribution in [0.3, 0.4) is 0 Å². The Hall–Kier alpha value is -2.56. The van der Waals surface area contributed by atoms with E-state index in [0.717, 1.165) is 5.56 Å². The number of carbonyl (C=O) groups excluding carboxylic acids is 1. The lowest BCUT2D eigenvalue weighted by Gasteiger charge is -2.25. The van der Waals surface area contributed by atoms with Crippen LogP contribution >= 0.6 is 0 Å². The van der Waals surface area contributed by atoms with Gasteiger partial charge in [0.05, 0.1) is 0 Å². The first-order valence-corrected chi connectivity index (χ1v) is 7.13. The fourth-order valence-electron chi connectivity index (χ4n) is 2.29. The molecular weight excluding hydrogens is 285 g/mol. The maximum atomic E-state index is 13.1. The van der Waals surface area contributed by atoms with Crippen LogP contribution in [0.1, 0.15) is 5.56 Å². The minimum Gasteiger partial charge on any atom is -0.485 e. The number of ether oxygens (including phenoxy) is 2. The van der Waals surface area contributed by atoms with Crippen molar-refractivity contribution in [3.63, 3.8) is 0 Å². The van der Waals surface area contributed by atoms with E-state index in [1.807, 2.05) is 18.2 Å². The molecule has 1 amide bonds. The predicted molar refractivity (Wildman–Crippen MR) is 79.5 cm³/mol. The van der Waals surface area contributed by atoms with Crippen molar-refractivity contribution in [1.82, 2.24) is 5.32 Å². The molecule has 2 aromatic carbocycles. The number of halogens is 1. The largest absolute Gasteiger partial charge is 0.485 e. The van der Waals surface area contributed by atoms with E-state index in [4.69, 9.17) is 9.47 Å². The first-order valence-electron chi connectivity index (χ1n) is 7.13. The van der Waals surface area contributed by atoms with Gasteiger partial charge in [-0.25, -0.2) is 4.39 Å². The number of para-hydroxylation sites is 2. The smallest absolute Gasteiger partial charge is 0.264 e. The van der Waals surface area contributed by atoms with Crippen LogP contribution in [-0.2, 0) is 11.2 Å². The van der Waals surface area contributed by atoms with Crippen molar-refractivity contribution in [2.45, 2.75) is 12.5 Å². The molecule has 1 unspecified atom stereocenters. The van der Waals surface area contributed by atoms with Crippen molar-refractivity contribution < 1.29 is 18.7 Å². The van der Waals surface area contributed by atoms with Gasteiger partial charge in [-0.3, -0.25) is 4.79 Å². The van der Waals surface area contributed by atoms with Gasteiger partial charge in [-0.2, -0.15) is 0 Å². The van der Waals surface area contributed by atoms with Crippen molar-refractivity contribution in [3.8, 4) is 11.5 Å². The van der Waals surface area contributed by atoms with Crippen LogP contribution in [0.15, 0.2) is 48.5 Å². The van der Waals surface area contributed by atoms with Gasteiger partial charge in [0.15, 0.2) is 11.5 Å². The summed E-state index contributed by atoms with van der Waals surface area (Å²) in [7, 11) is 0. The highest BCUT2D eigenvalue weighted by Crippen LogP contribution is 2.30. The van der Waals surface area contributed by atoms with Crippen molar-refractivity contribution in [2.75, 3.05) is 13.2 Å². The lowest BCUT2D eigenvalue weighted by Crippen LogP contribution is -2.44. The molecule has 0 radical (unpaired) electrons. The molecule has 2 aromatic rings. The van der Waals surface area contributed by atoms with Gasteiger partial charge in [0, 0.05) is 6.54 Å². The Kier molecular flexibility index (Phi) is 4.23. The summed E-state index contributed by atoms with van der Waals surface area (Å²) < 4.78 is 24.2. The summed E-state index contributed by atoms with van der Waals surface area (Å²) >= 11 is 0. The third-order valence-corrected chi connectivity index (χ3v) is 3.40. The van der Waals surface area contributed by atoms with Crippen LogP contribution in [0.2, 0.25) is 0 Å². The molecule has 0 bridgehead atoms. The molecule has 0 saturated heterocycles. The molecule has 0 aromatic heterocycles. The van der Waals surface area contributed by atoms with Crippen molar-refractivity contribution in [2.24, 2.45) is 0 Å². The van der Waals surface area contributed by atoms with Gasteiger partial charge in [0.25, 0.3) is 5.91 Å². The standard InChI is InChI=1S/C17H16FNO3/c18-13-5-3-4-12(10-13)8-9-19-17(20)16-11-21-14-6-1-2-7-15(14)22-16/h1-7,10,16H,8-9,11H2,(H,19,20). The maximum absolute atomic E-state index is 13.1. The second kappa shape index (κ2) is 6.47. The SMILES string of the molecule is O=C(NCCc1cccc(F)c1)C1COc2ccccc2O1. The summed E-state index contributed by atoms with van der Waals surface area (Å²) in [5, 5.41) is 2.78. The number of nitrogens with one attached hydrogen (secondary N) is 1. The van der Waals surface area contributed by atoms with Gasteiger partial charge in [-0.15, -0.1) is 0 Å². The average molecular weight is 301 g/mol. The summed E-state index contributed by atoms with van der Waals surface area (Å²) in [6, 6.07) is 13.6. The third kappa shape index (κ3) is 3.36. The Bertz CT molecular complexity index is 674. The quantitative estimate of drug-likeness (QED) is 0.943. The van der Waals surface area contributed by atoms with Crippen LogP contribution in [0.25, 0.3) is 0 Å². The van der Waals surface area contributed by atoms with Gasteiger partial charge in [-0.05, 0) is 36.2 Å². The number of benzene rings is 2. The van der Waals surface area contributed by atoms with Crippen LogP contribution < -0.4 is 14.8 Å². The summed E-state index contributed by atoms with van der Waals surface area (Å²) in [6.45, 7) is 0.604. The molecule has 5 heteroatoms. The topological polar surface area (TPSA) is 47.6 Å². The van der Waals surface area contributed by atoms with Crippen molar-refractivity contribution >= 4 is 5.91 Å². The molecule has 0 spiro atoms. The lowest BCUT2D eigenvalue weighted by molar-refractivity contribution is -0.130. The number of hydrogen-bond acceptors (Lipinski definition) is 3. The Morgan fingerprint density at radius 2 is 2.00 bits per heavy atom. The third-order valence-electron chi connectivity index (χ3n) is 3.40. The minimum atomic E-state index is -0.664. The molecule has 0 aliphatic carbocycles. The molecule has 1 N–H and O–H groups in total. The fraction of sp³-hybridized carbons (Fsp3) is 0.235. The number of hydrogen-bond donors (Lipinski definition) is 1. The molecule has 3 rings (SSSR count). The van der Waals surface area contributed by atoms with E-state index in [1.54, 1.807) is 18.2 Å². The average Bonchev–Trinajstić information content (AvgIpc) is 2.54. The monoisotopic (exact) mass is 301 g/mol. The number of fused-ring (bicyclic) bond motifs is 1. The number of rotatable bonds is 4. The lowest BCUT2D eigenvalue weighted by atomic mass is 10.1. The Labute approximate surface area is 127 Å². The van der Waals surface area contributed by atoms with E-state index < -0.39 is 6.10 Å². The fourth-order valence-corrected chi connectivity index (χ4v) is 2.29. The first-order chi connectivity index (χ1) is 10.7. The minimum absolute atomic E-state index is 0.183. The predicted octanol–water partition coefficient (Wildman–Crippen LogP) is 2.32. The maximum Gasteiger partial charge on any atom is 0.264 e. The Balaban J connectivity index is 1.51. The Morgan fingerprint density at radius 3 is 2.82 bits per heavy atom. The number of amides is 1. The highest BCUT2D eigenvalue weighted by atomic mass is 19.1. The van der Waals surface area contributed by atoms with Crippen molar-refractivity contribution in [3.05, 3.63) is 59.9 Å². The van der Waals surface area contributed by atoms with E-state index in [9.17, 15) is 9.18 Å². The molecule has 114 valence electrons. The van der Waals surface area contributed by atoms with Crippen molar-refractivity contribution in [1.29, 1.82) is 0 Å². The summed E-state index contributed by atoms with van der Waals surface area (Å²) in [5.41, 5.74) is 0.839. The summed E-state index contributed by atoms with van der Waals surface area (Å²) in [6.07, 6.45) is -0.101. The van der Waals surface area contributed by atoms with Crippen LogP contribution in [-0.4, -0.2) is 25.2 Å². The van der Waals surface area contributed by atoms with E-state index in [0.29, 0.717) is 24.5 Å². The van der Waals surface area contributed by atoms with E-state index >= 15 is 0 Å². The molecule has 1 aliphatic rings. The van der Waals surface area contributed by atoms with Gasteiger partial charge >= 0.3 is 0 Å². The van der Waals surface area contributed by atoms with Gasteiger partial charge in [0.1, 0.15) is 12.4 Å². The van der Waals surface area contributed by atoms with E-state index in [1.165, 1.54) is 12.1 Å². The van der Waals surface area contributed by atoms with Crippen LogP contribution in [0, 0.1) is 5.82 Å². The Morgan fingerprint density at radius 1 is 1.18 bits per heavy atom. The second-order valence-electron chi connectivity index (χ2n) is 5.04. The molecule has 1 atom stereocenters. The number of carbonyl (C=O) groups is 1. The van der Waals surface area contributed by atoms with Gasteiger partial charge in [-0.1, -0.05) is 24.3 Å². The highest BCUT2D eigenvalue weighted by Gasteiger charge is 2.26. The zero-order valence-electron chi connectivity index (χ0n) is 11.9. The zero-order chi connectivity index (χ0) is 15.4. The molecule has 0 fully saturated rings. The molecule has 4 nitrogen and oxygen atoms in total. The molecule has 1 heterocycles. The van der Waals surface area contributed by atoms with Crippen LogP contribution in [0.5, 0.6) is 11.5 Å². The van der Waals surface area contributed by atoms with Crippen LogP contribution in [0.4, 0.5) is 4.39 Å². The normalized spacial score (nSPS) is 16.1. The second-order valence-corrected chi connectivity index (χ2v) is 5.04. The first kappa shape index (κ1) is 14.4. The van der Waals surface area contributed by atoms with E-state index in [-0.39, 0.29) is 18.3 Å². The molecule has 22 heavy (non-hydrogen) atoms. The van der Waals surface area contributed by atoms with Gasteiger partial charge < -0.3 is 14.8 Å².